The molecule has 1 aliphatic carbocycles. The Morgan fingerprint density at radius 2 is 1.77 bits per heavy atom. The summed E-state index contributed by atoms with van der Waals surface area (Å²) in [6, 6.07) is 10.1. The molecule has 2 unspecified atom stereocenters. The van der Waals surface area contributed by atoms with Gasteiger partial charge in [0.1, 0.15) is 5.69 Å². The minimum atomic E-state index is -0.276. The number of primary amides is 1. The molecule has 158 valence electrons. The van der Waals surface area contributed by atoms with E-state index in [2.05, 4.69) is 27.2 Å². The Bertz CT molecular complexity index is 926. The summed E-state index contributed by atoms with van der Waals surface area (Å²) in [4.78, 5) is 29.3. The van der Waals surface area contributed by atoms with Gasteiger partial charge in [-0.2, -0.15) is 5.10 Å². The molecule has 3 heterocycles. The first-order valence-corrected chi connectivity index (χ1v) is 11.0. The van der Waals surface area contributed by atoms with Gasteiger partial charge in [-0.1, -0.05) is 30.3 Å². The van der Waals surface area contributed by atoms with Crippen LogP contribution in [-0.2, 0) is 17.6 Å². The van der Waals surface area contributed by atoms with E-state index < -0.39 is 0 Å². The van der Waals surface area contributed by atoms with Crippen LogP contribution in [0.25, 0.3) is 0 Å². The Morgan fingerprint density at radius 3 is 2.47 bits per heavy atom. The number of benzene rings is 1. The van der Waals surface area contributed by atoms with E-state index in [9.17, 15) is 9.59 Å². The third-order valence-electron chi connectivity index (χ3n) is 7.08. The predicted molar refractivity (Wildman–Crippen MR) is 113 cm³/mol. The molecule has 2 aliphatic heterocycles. The molecule has 0 spiro atoms. The summed E-state index contributed by atoms with van der Waals surface area (Å²) in [5, 5.41) is 7.42. The van der Waals surface area contributed by atoms with Crippen molar-refractivity contribution in [3.05, 3.63) is 52.8 Å². The van der Waals surface area contributed by atoms with E-state index in [0.29, 0.717) is 24.0 Å². The summed E-state index contributed by atoms with van der Waals surface area (Å²) in [6.07, 6.45) is 4.54. The van der Waals surface area contributed by atoms with E-state index in [1.807, 2.05) is 23.1 Å². The summed E-state index contributed by atoms with van der Waals surface area (Å²) < 4.78 is 0. The Labute approximate surface area is 176 Å². The number of hydrogen-bond donors (Lipinski definition) is 2. The van der Waals surface area contributed by atoms with Crippen LogP contribution in [0, 0.1) is 11.8 Å². The normalized spacial score (nSPS) is 24.5. The number of likely N-dealkylation sites (tertiary alicyclic amines) is 2. The molecule has 1 aromatic carbocycles. The van der Waals surface area contributed by atoms with Crippen LogP contribution in [0.1, 0.15) is 52.6 Å². The second-order valence-electron chi connectivity index (χ2n) is 9.01. The molecule has 0 saturated carbocycles. The number of nitrogens with one attached hydrogen (secondary N) is 1. The van der Waals surface area contributed by atoms with Crippen LogP contribution >= 0.6 is 0 Å². The summed E-state index contributed by atoms with van der Waals surface area (Å²) in [5.41, 5.74) is 9.61. The van der Waals surface area contributed by atoms with Gasteiger partial charge in [0.05, 0.1) is 5.69 Å². The molecular formula is C23H29N5O2. The summed E-state index contributed by atoms with van der Waals surface area (Å²) >= 11 is 0. The molecule has 2 saturated heterocycles. The van der Waals surface area contributed by atoms with Gasteiger partial charge in [0.15, 0.2) is 0 Å². The lowest BCUT2D eigenvalue weighted by molar-refractivity contribution is -0.119. The van der Waals surface area contributed by atoms with Crippen molar-refractivity contribution < 1.29 is 9.59 Å². The van der Waals surface area contributed by atoms with Crippen LogP contribution < -0.4 is 5.73 Å². The minimum absolute atomic E-state index is 0.0121. The quantitative estimate of drug-likeness (QED) is 0.791. The van der Waals surface area contributed by atoms with E-state index in [-0.39, 0.29) is 17.9 Å². The van der Waals surface area contributed by atoms with Crippen molar-refractivity contribution in [3.8, 4) is 0 Å². The highest BCUT2D eigenvalue weighted by atomic mass is 16.2. The van der Waals surface area contributed by atoms with Crippen LogP contribution in [0.4, 0.5) is 0 Å². The average Bonchev–Trinajstić information content (AvgIpc) is 3.45. The number of carbonyl (C=O) groups excluding carboxylic acids is 2. The van der Waals surface area contributed by atoms with Gasteiger partial charge in [-0.25, -0.2) is 0 Å². The average molecular weight is 408 g/mol. The van der Waals surface area contributed by atoms with Crippen molar-refractivity contribution in [2.24, 2.45) is 17.6 Å². The Kier molecular flexibility index (Phi) is 5.06. The number of carbonyl (C=O) groups is 2. The lowest BCUT2D eigenvalue weighted by atomic mass is 9.95. The van der Waals surface area contributed by atoms with Crippen molar-refractivity contribution in [2.45, 2.75) is 38.1 Å². The maximum Gasteiger partial charge on any atom is 0.272 e. The van der Waals surface area contributed by atoms with Crippen LogP contribution in [0.5, 0.6) is 0 Å². The van der Waals surface area contributed by atoms with Gasteiger partial charge in [-0.15, -0.1) is 0 Å². The topological polar surface area (TPSA) is 95.3 Å². The zero-order chi connectivity index (χ0) is 20.7. The molecule has 1 aromatic heterocycles. The van der Waals surface area contributed by atoms with Gasteiger partial charge >= 0.3 is 0 Å². The molecule has 3 atom stereocenters. The van der Waals surface area contributed by atoms with Gasteiger partial charge < -0.3 is 10.6 Å². The van der Waals surface area contributed by atoms with E-state index in [1.54, 1.807) is 0 Å². The van der Waals surface area contributed by atoms with Gasteiger partial charge in [0, 0.05) is 44.2 Å². The molecular weight excluding hydrogens is 378 g/mol. The Morgan fingerprint density at radius 1 is 1.07 bits per heavy atom. The smallest absolute Gasteiger partial charge is 0.272 e. The number of H-pyrrole nitrogens is 1. The van der Waals surface area contributed by atoms with Gasteiger partial charge in [-0.05, 0) is 43.1 Å². The van der Waals surface area contributed by atoms with E-state index in [0.717, 1.165) is 68.7 Å². The summed E-state index contributed by atoms with van der Waals surface area (Å²) in [5.74, 6) is 0.698. The first kappa shape index (κ1) is 19.3. The largest absolute Gasteiger partial charge is 0.370 e. The van der Waals surface area contributed by atoms with Gasteiger partial charge in [0.2, 0.25) is 5.91 Å². The van der Waals surface area contributed by atoms with Crippen molar-refractivity contribution in [3.63, 3.8) is 0 Å². The lowest BCUT2D eigenvalue weighted by Crippen LogP contribution is -2.36. The maximum absolute atomic E-state index is 13.2. The molecule has 2 amide bonds. The number of nitrogens with two attached hydrogens (primary N) is 1. The van der Waals surface area contributed by atoms with Crippen LogP contribution in [0.2, 0.25) is 0 Å². The van der Waals surface area contributed by atoms with Crippen molar-refractivity contribution in [2.75, 3.05) is 26.2 Å². The number of rotatable bonds is 5. The fourth-order valence-electron chi connectivity index (χ4n) is 5.58. The molecule has 7 nitrogen and oxygen atoms in total. The highest BCUT2D eigenvalue weighted by molar-refractivity contribution is 5.94. The second-order valence-corrected chi connectivity index (χ2v) is 9.01. The number of hydrogen-bond acceptors (Lipinski definition) is 4. The molecule has 30 heavy (non-hydrogen) atoms. The molecule has 5 rings (SSSR count). The number of aromatic amines is 1. The molecule has 3 aliphatic rings. The highest BCUT2D eigenvalue weighted by Gasteiger charge is 2.44. The van der Waals surface area contributed by atoms with E-state index in [1.165, 1.54) is 0 Å². The molecule has 3 N–H and O–H groups in total. The third kappa shape index (κ3) is 3.51. The van der Waals surface area contributed by atoms with Crippen LogP contribution in [0.3, 0.4) is 0 Å². The lowest BCUT2D eigenvalue weighted by Gasteiger charge is -2.29. The second kappa shape index (κ2) is 7.87. The van der Waals surface area contributed by atoms with Gasteiger partial charge in [-0.3, -0.25) is 19.6 Å². The third-order valence-corrected chi connectivity index (χ3v) is 7.08. The number of nitrogens with zero attached hydrogens (tertiary/aromatic N) is 3. The van der Waals surface area contributed by atoms with Crippen molar-refractivity contribution in [1.82, 2.24) is 20.0 Å². The Balaban J connectivity index is 1.27. The Hall–Kier alpha value is -2.67. The molecule has 0 radical (unpaired) electrons. The van der Waals surface area contributed by atoms with Crippen LogP contribution in [-0.4, -0.2) is 58.0 Å². The fraction of sp³-hybridized carbons (Fsp3) is 0.522. The number of aryl methyl sites for hydroxylation is 1. The molecule has 0 bridgehead atoms. The fourth-order valence-corrected chi connectivity index (χ4v) is 5.58. The molecule has 2 aromatic rings. The zero-order valence-corrected chi connectivity index (χ0v) is 17.2. The number of amides is 2. The highest BCUT2D eigenvalue weighted by Crippen LogP contribution is 2.38. The zero-order valence-electron chi connectivity index (χ0n) is 17.2. The van der Waals surface area contributed by atoms with Crippen LogP contribution in [0.15, 0.2) is 30.3 Å². The number of aromatic nitrogens is 2. The summed E-state index contributed by atoms with van der Waals surface area (Å²) in [7, 11) is 0. The molecule has 7 heteroatoms. The predicted octanol–water partition coefficient (Wildman–Crippen LogP) is 1.91. The van der Waals surface area contributed by atoms with Gasteiger partial charge in [0.25, 0.3) is 5.91 Å². The number of fused-ring (bicyclic) bond motifs is 2. The van der Waals surface area contributed by atoms with E-state index in [4.69, 9.17) is 5.73 Å². The standard InChI is InChI=1S/C23H29N5O2/c24-21(29)10-20(15-6-2-1-3-7-15)27-11-16-13-28(14-17(16)12-27)23(30)22-18-8-4-5-9-19(18)25-26-22/h1-3,6-7,16-17,20H,4-5,8-14H2,(H2,24,29)(H,25,26)/t16?,17?,20-/m0/s1. The van der Waals surface area contributed by atoms with Crippen molar-refractivity contribution >= 4 is 11.8 Å². The minimum Gasteiger partial charge on any atom is -0.370 e. The van der Waals surface area contributed by atoms with E-state index >= 15 is 0 Å². The summed E-state index contributed by atoms with van der Waals surface area (Å²) in [6.45, 7) is 3.32. The SMILES string of the molecule is NC(=O)C[C@@H](c1ccccc1)N1CC2CN(C(=O)c3[nH]nc4c3CCCC4)CC2C1. The molecule has 2 fully saturated rings. The maximum atomic E-state index is 13.2. The van der Waals surface area contributed by atoms with Crippen molar-refractivity contribution in [1.29, 1.82) is 0 Å². The monoisotopic (exact) mass is 407 g/mol. The first-order chi connectivity index (χ1) is 14.6. The first-order valence-electron chi connectivity index (χ1n) is 11.0.